The molecule has 206 valence electrons. The predicted octanol–water partition coefficient (Wildman–Crippen LogP) is 0.286. The quantitative estimate of drug-likeness (QED) is 0.107. The van der Waals surface area contributed by atoms with Crippen LogP contribution in [0.15, 0.2) is 0 Å². The van der Waals surface area contributed by atoms with Crippen molar-refractivity contribution in [3.8, 4) is 0 Å². The average Bonchev–Trinajstić information content (AvgIpc) is 2.75. The topological polar surface area (TPSA) is 0 Å². The van der Waals surface area contributed by atoms with Gasteiger partial charge in [-0.3, -0.25) is 0 Å². The fourth-order valence-corrected chi connectivity index (χ4v) is 93.3. The van der Waals surface area contributed by atoms with E-state index in [4.69, 9.17) is 0 Å². The third-order valence-electron chi connectivity index (χ3n) is 8.74. The lowest BCUT2D eigenvalue weighted by atomic mass is 11.0. The minimum Gasteiger partial charge on any atom is -0.0752 e. The molecule has 0 fully saturated rings. The van der Waals surface area contributed by atoms with Gasteiger partial charge in [0, 0.05) is 98.9 Å². The van der Waals surface area contributed by atoms with Crippen LogP contribution in [0.2, 0.25) is 120 Å². The molecule has 0 N–H and O–H groups in total. The van der Waals surface area contributed by atoms with E-state index in [1.807, 2.05) is 51.0 Å². The van der Waals surface area contributed by atoms with Crippen LogP contribution in [0, 0.1) is 0 Å². The summed E-state index contributed by atoms with van der Waals surface area (Å²) in [6.45, 7) is 21.4. The minimum absolute atomic E-state index is 0.273. The Morgan fingerprint density at radius 2 is 1.38 bits per heavy atom. The van der Waals surface area contributed by atoms with Crippen molar-refractivity contribution >= 4 is 119 Å². The first-order valence-corrected chi connectivity index (χ1v) is 46.6. The summed E-state index contributed by atoms with van der Waals surface area (Å²) >= 11 is 0. The van der Waals surface area contributed by atoms with Crippen LogP contribution >= 0.6 is 0 Å². The maximum absolute atomic E-state index is 2.78. The van der Waals surface area contributed by atoms with E-state index in [9.17, 15) is 0 Å². The zero-order valence-electron chi connectivity index (χ0n) is 26.0. The van der Waals surface area contributed by atoms with E-state index >= 15 is 0 Å². The second-order valence-electron chi connectivity index (χ2n) is 14.1. The first-order valence-electron chi connectivity index (χ1n) is 16.0. The van der Waals surface area contributed by atoms with Crippen molar-refractivity contribution in [2.75, 3.05) is 0 Å². The molecule has 0 amide bonds. The van der Waals surface area contributed by atoms with Gasteiger partial charge < -0.3 is 0 Å². The Morgan fingerprint density at radius 1 is 0.765 bits per heavy atom. The summed E-state index contributed by atoms with van der Waals surface area (Å²) in [5.74, 6) is 0. The van der Waals surface area contributed by atoms with Gasteiger partial charge in [0.2, 0.25) is 0 Å². The third-order valence-corrected chi connectivity index (χ3v) is 74.5. The lowest BCUT2D eigenvalue weighted by Gasteiger charge is -2.39. The molecule has 0 rings (SSSR count). The van der Waals surface area contributed by atoms with Crippen molar-refractivity contribution in [2.45, 2.75) is 127 Å². The highest BCUT2D eigenvalue weighted by molar-refractivity contribution is 7.06. The van der Waals surface area contributed by atoms with Gasteiger partial charge in [0.05, 0.1) is 0 Å². The second-order valence-corrected chi connectivity index (χ2v) is 63.5. The van der Waals surface area contributed by atoms with E-state index in [0.29, 0.717) is 38.1 Å². The van der Waals surface area contributed by atoms with Gasteiger partial charge >= 0.3 is 0 Å². The zero-order valence-corrected chi connectivity index (χ0v) is 43.7. The molecule has 0 saturated carbocycles. The molecule has 0 aromatic rings. The van der Waals surface area contributed by atoms with Gasteiger partial charge in [-0.2, -0.15) is 0 Å². The Bertz CT molecular complexity index is 474. The molecule has 0 heterocycles. The summed E-state index contributed by atoms with van der Waals surface area (Å²) in [4.78, 5) is 0. The maximum atomic E-state index is 2.78. The molecule has 0 radical (unpaired) electrons. The molecule has 0 aliphatic carbocycles. The summed E-state index contributed by atoms with van der Waals surface area (Å²) in [6.07, 6.45) is 0. The van der Waals surface area contributed by atoms with E-state index in [2.05, 4.69) is 58.4 Å². The van der Waals surface area contributed by atoms with E-state index in [0.717, 1.165) is 0 Å². The Hall–Kier alpha value is 2.82. The first-order chi connectivity index (χ1) is 16.0. The molecule has 0 aromatic heterocycles. The number of hydrogen-bond acceptors (Lipinski definition) is 0. The summed E-state index contributed by atoms with van der Waals surface area (Å²) in [6, 6.07) is 1.61. The van der Waals surface area contributed by atoms with Crippen molar-refractivity contribution in [2.24, 2.45) is 0 Å². The second kappa shape index (κ2) is 21.6. The number of hydrogen-bond donors (Lipinski definition) is 0. The third kappa shape index (κ3) is 19.8. The van der Waals surface area contributed by atoms with Crippen molar-refractivity contribution in [1.29, 1.82) is 0 Å². The van der Waals surface area contributed by atoms with Gasteiger partial charge in [0.15, 0.2) is 0 Å². The molecule has 0 nitrogen and oxygen atoms in total. The van der Waals surface area contributed by atoms with Gasteiger partial charge in [-0.15, -0.1) is 0 Å². The highest BCUT2D eigenvalue weighted by Crippen LogP contribution is 2.32. The Balaban J connectivity index is 5.80. The van der Waals surface area contributed by atoms with Gasteiger partial charge in [0.1, 0.15) is 0 Å². The Labute approximate surface area is 244 Å². The molecule has 4 atom stereocenters. The fourth-order valence-electron chi connectivity index (χ4n) is 6.47. The van der Waals surface area contributed by atoms with Crippen molar-refractivity contribution < 1.29 is 0 Å². The van der Waals surface area contributed by atoms with Gasteiger partial charge in [-0.05, 0) is 20.5 Å². The lowest BCUT2D eigenvalue weighted by molar-refractivity contribution is 1.37. The standard InChI is InChI=1S/C21H70Si13/c1-9-30(5)19-32(15-28-16-33(6,7)8)21-34(17-26-12-25-10-22,18-27-14-29(3)4)20-31(11-23)13-24-2/h29-32H,9-21,24-28H2,1-8,22-23H3. The normalized spacial score (nSPS) is 19.0. The van der Waals surface area contributed by atoms with Gasteiger partial charge in [-0.1, -0.05) is 127 Å². The molecule has 0 saturated heterocycles. The molecule has 0 aliphatic heterocycles. The molecule has 0 aromatic carbocycles. The Morgan fingerprint density at radius 3 is 1.91 bits per heavy atom. The maximum Gasteiger partial charge on any atom is 0.0415 e. The summed E-state index contributed by atoms with van der Waals surface area (Å²) < 4.78 is 0. The van der Waals surface area contributed by atoms with Crippen LogP contribution in [-0.4, -0.2) is 119 Å². The van der Waals surface area contributed by atoms with Crippen LogP contribution in [0.4, 0.5) is 0 Å². The van der Waals surface area contributed by atoms with Crippen LogP contribution in [0.25, 0.3) is 0 Å². The van der Waals surface area contributed by atoms with E-state index < -0.39 is 24.9 Å². The largest absolute Gasteiger partial charge is 0.0752 e. The molecule has 13 heteroatoms. The summed E-state index contributed by atoms with van der Waals surface area (Å²) in [5, 5.41) is 0. The smallest absolute Gasteiger partial charge is 0.0415 e. The van der Waals surface area contributed by atoms with Crippen molar-refractivity contribution in [3.63, 3.8) is 0 Å². The van der Waals surface area contributed by atoms with Crippen molar-refractivity contribution in [3.05, 3.63) is 0 Å². The highest BCUT2D eigenvalue weighted by atomic mass is 28.4. The SMILES string of the molecule is CC[SiH](C)C[SiH](C[SiH2]C[Si](C)(C)C)C[Si](C[SiH2]C[SiH2]C[SiH3])(C[SiH2]C[SiH](C)C)C[SiH](C[SiH3])C[SiH2]C. The molecular formula is C21H70Si13. The first kappa shape index (κ1) is 36.8. The van der Waals surface area contributed by atoms with Crippen LogP contribution in [0.3, 0.4) is 0 Å². The monoisotopic (exact) mass is 686 g/mol. The van der Waals surface area contributed by atoms with Crippen LogP contribution in [0.1, 0.15) is 6.92 Å². The molecule has 0 spiro atoms. The average molecular weight is 688 g/mol. The van der Waals surface area contributed by atoms with Crippen molar-refractivity contribution in [1.82, 2.24) is 0 Å². The van der Waals surface area contributed by atoms with E-state index in [1.54, 1.807) is 27.6 Å². The number of rotatable bonds is 23. The van der Waals surface area contributed by atoms with Crippen LogP contribution < -0.4 is 0 Å². The molecule has 4 unspecified atom stereocenters. The Kier molecular flexibility index (Phi) is 23.4. The van der Waals surface area contributed by atoms with Crippen LogP contribution in [-0.2, 0) is 0 Å². The van der Waals surface area contributed by atoms with Crippen LogP contribution in [0.5, 0.6) is 0 Å². The molecule has 0 bridgehead atoms. The van der Waals surface area contributed by atoms with E-state index in [-0.39, 0.29) is 35.9 Å². The van der Waals surface area contributed by atoms with Gasteiger partial charge in [0.25, 0.3) is 0 Å². The minimum atomic E-state index is -0.869. The molecular weight excluding hydrogens is 617 g/mol. The zero-order chi connectivity index (χ0) is 26.0. The van der Waals surface area contributed by atoms with Gasteiger partial charge in [-0.25, -0.2) is 0 Å². The highest BCUT2D eigenvalue weighted by Gasteiger charge is 2.37. The fraction of sp³-hybridized carbons (Fsp3) is 1.00. The molecule has 34 heavy (non-hydrogen) atoms. The molecule has 0 aliphatic rings. The predicted molar refractivity (Wildman–Crippen MR) is 212 cm³/mol. The van der Waals surface area contributed by atoms with E-state index in [1.165, 1.54) is 10.2 Å². The lowest BCUT2D eigenvalue weighted by Crippen LogP contribution is -2.47. The summed E-state index contributed by atoms with van der Waals surface area (Å²) in [7, 11) is 1.71. The summed E-state index contributed by atoms with van der Waals surface area (Å²) in [5.41, 5.74) is 22.9.